The molecule has 6 heteroatoms. The summed E-state index contributed by atoms with van der Waals surface area (Å²) in [5.41, 5.74) is 3.63. The summed E-state index contributed by atoms with van der Waals surface area (Å²) >= 11 is 0. The molecule has 0 spiro atoms. The molecular formula is C13H14F2N2O2. The van der Waals surface area contributed by atoms with Gasteiger partial charge in [0.25, 0.3) is 0 Å². The molecule has 0 aromatic heterocycles. The Kier molecular flexibility index (Phi) is 3.50. The standard InChI is InChI=1S/C13H14F2N2O2/c14-10-7-9(12(16)19)1-2-11(10)17-5-3-13(15,8-18)4-6-17/h1-2,7-8H,3-6H2,(H2,16,19). The Balaban J connectivity index is 2.16. The van der Waals surface area contributed by atoms with E-state index in [0.29, 0.717) is 6.29 Å². The zero-order chi connectivity index (χ0) is 14.0. The number of amides is 1. The molecule has 1 heterocycles. The lowest BCUT2D eigenvalue weighted by molar-refractivity contribution is -0.119. The zero-order valence-corrected chi connectivity index (χ0v) is 10.2. The van der Waals surface area contributed by atoms with Crippen molar-refractivity contribution in [3.05, 3.63) is 29.6 Å². The first-order chi connectivity index (χ1) is 8.95. The number of carbonyl (C=O) groups excluding carboxylic acids is 2. The van der Waals surface area contributed by atoms with Gasteiger partial charge in [-0.15, -0.1) is 0 Å². The van der Waals surface area contributed by atoms with E-state index >= 15 is 0 Å². The molecule has 0 radical (unpaired) electrons. The molecule has 1 aromatic carbocycles. The van der Waals surface area contributed by atoms with Gasteiger partial charge in [-0.25, -0.2) is 8.78 Å². The fourth-order valence-electron chi connectivity index (χ4n) is 2.15. The van der Waals surface area contributed by atoms with Gasteiger partial charge in [0.05, 0.1) is 5.69 Å². The summed E-state index contributed by atoms with van der Waals surface area (Å²) in [6, 6.07) is 3.94. The summed E-state index contributed by atoms with van der Waals surface area (Å²) in [4.78, 5) is 23.2. The van der Waals surface area contributed by atoms with Crippen LogP contribution in [0.1, 0.15) is 23.2 Å². The Morgan fingerprint density at radius 3 is 2.47 bits per heavy atom. The number of carbonyl (C=O) groups is 2. The molecule has 1 aliphatic heterocycles. The highest BCUT2D eigenvalue weighted by atomic mass is 19.1. The number of benzene rings is 1. The van der Waals surface area contributed by atoms with Crippen molar-refractivity contribution in [2.45, 2.75) is 18.5 Å². The van der Waals surface area contributed by atoms with E-state index in [9.17, 15) is 18.4 Å². The quantitative estimate of drug-likeness (QED) is 0.843. The number of halogens is 2. The topological polar surface area (TPSA) is 63.4 Å². The molecule has 0 saturated carbocycles. The maximum absolute atomic E-state index is 13.9. The summed E-state index contributed by atoms with van der Waals surface area (Å²) in [7, 11) is 0. The smallest absolute Gasteiger partial charge is 0.248 e. The van der Waals surface area contributed by atoms with E-state index in [1.165, 1.54) is 12.1 Å². The molecule has 0 aliphatic carbocycles. The average molecular weight is 268 g/mol. The molecule has 1 fully saturated rings. The van der Waals surface area contributed by atoms with Crippen LogP contribution < -0.4 is 10.6 Å². The van der Waals surface area contributed by atoms with Crippen molar-refractivity contribution in [1.82, 2.24) is 0 Å². The molecule has 4 nitrogen and oxygen atoms in total. The van der Waals surface area contributed by atoms with Gasteiger partial charge in [-0.3, -0.25) is 9.59 Å². The third-order valence-electron chi connectivity index (χ3n) is 3.38. The minimum atomic E-state index is -1.81. The van der Waals surface area contributed by atoms with Crippen LogP contribution in [0.25, 0.3) is 0 Å². The summed E-state index contributed by atoms with van der Waals surface area (Å²) in [5.74, 6) is -1.28. The number of piperidine rings is 1. The second-order valence-corrected chi connectivity index (χ2v) is 4.67. The first-order valence-electron chi connectivity index (χ1n) is 5.95. The van der Waals surface area contributed by atoms with Crippen molar-refractivity contribution >= 4 is 17.9 Å². The van der Waals surface area contributed by atoms with Gasteiger partial charge in [-0.2, -0.15) is 0 Å². The Labute approximate surface area is 109 Å². The van der Waals surface area contributed by atoms with E-state index in [0.717, 1.165) is 6.07 Å². The number of hydrogen-bond acceptors (Lipinski definition) is 3. The van der Waals surface area contributed by atoms with Crippen LogP contribution in [0, 0.1) is 5.82 Å². The van der Waals surface area contributed by atoms with Gasteiger partial charge < -0.3 is 10.6 Å². The minimum Gasteiger partial charge on any atom is -0.369 e. The van der Waals surface area contributed by atoms with Gasteiger partial charge in [-0.05, 0) is 18.2 Å². The molecule has 0 atom stereocenters. The molecule has 102 valence electrons. The Hall–Kier alpha value is -1.98. The Morgan fingerprint density at radius 1 is 1.37 bits per heavy atom. The maximum Gasteiger partial charge on any atom is 0.248 e. The molecule has 2 N–H and O–H groups in total. The van der Waals surface area contributed by atoms with E-state index in [-0.39, 0.29) is 37.2 Å². The molecule has 0 unspecified atom stereocenters. The number of primary amides is 1. The largest absolute Gasteiger partial charge is 0.369 e. The van der Waals surface area contributed by atoms with Crippen LogP contribution in [0.2, 0.25) is 0 Å². The number of aldehydes is 1. The highest BCUT2D eigenvalue weighted by Crippen LogP contribution is 2.29. The van der Waals surface area contributed by atoms with E-state index < -0.39 is 17.4 Å². The summed E-state index contributed by atoms with van der Waals surface area (Å²) in [5, 5.41) is 0. The lowest BCUT2D eigenvalue weighted by Gasteiger charge is -2.34. The molecule has 1 aromatic rings. The van der Waals surface area contributed by atoms with Gasteiger partial charge in [0.2, 0.25) is 5.91 Å². The van der Waals surface area contributed by atoms with Crippen molar-refractivity contribution in [2.24, 2.45) is 5.73 Å². The summed E-state index contributed by atoms with van der Waals surface area (Å²) < 4.78 is 27.6. The monoisotopic (exact) mass is 268 g/mol. The highest BCUT2D eigenvalue weighted by molar-refractivity contribution is 5.93. The molecule has 1 aliphatic rings. The second kappa shape index (κ2) is 4.95. The fraction of sp³-hybridized carbons (Fsp3) is 0.385. The Morgan fingerprint density at radius 2 is 2.00 bits per heavy atom. The molecule has 2 rings (SSSR count). The number of nitrogens with two attached hydrogens (primary N) is 1. The number of hydrogen-bond donors (Lipinski definition) is 1. The predicted molar refractivity (Wildman–Crippen MR) is 66.3 cm³/mol. The first kappa shape index (κ1) is 13.5. The van der Waals surface area contributed by atoms with Crippen molar-refractivity contribution in [3.8, 4) is 0 Å². The highest BCUT2D eigenvalue weighted by Gasteiger charge is 2.34. The van der Waals surface area contributed by atoms with Crippen molar-refractivity contribution in [3.63, 3.8) is 0 Å². The molecule has 0 bridgehead atoms. The van der Waals surface area contributed by atoms with E-state index in [4.69, 9.17) is 5.73 Å². The van der Waals surface area contributed by atoms with Crippen LogP contribution in [0.4, 0.5) is 14.5 Å². The lowest BCUT2D eigenvalue weighted by atomic mass is 9.94. The molecular weight excluding hydrogens is 254 g/mol. The van der Waals surface area contributed by atoms with E-state index in [1.807, 2.05) is 0 Å². The van der Waals surface area contributed by atoms with Crippen LogP contribution in [0.3, 0.4) is 0 Å². The van der Waals surface area contributed by atoms with Crippen molar-refractivity contribution in [1.29, 1.82) is 0 Å². The number of alkyl halides is 1. The number of anilines is 1. The third-order valence-corrected chi connectivity index (χ3v) is 3.38. The lowest BCUT2D eigenvalue weighted by Crippen LogP contribution is -2.43. The second-order valence-electron chi connectivity index (χ2n) is 4.67. The van der Waals surface area contributed by atoms with Gasteiger partial charge in [0.1, 0.15) is 5.82 Å². The van der Waals surface area contributed by atoms with Crippen LogP contribution in [-0.2, 0) is 4.79 Å². The van der Waals surface area contributed by atoms with Crippen LogP contribution in [-0.4, -0.2) is 31.0 Å². The maximum atomic E-state index is 13.9. The SMILES string of the molecule is NC(=O)c1ccc(N2CCC(F)(C=O)CC2)c(F)c1. The fourth-order valence-corrected chi connectivity index (χ4v) is 2.15. The van der Waals surface area contributed by atoms with E-state index in [2.05, 4.69) is 0 Å². The minimum absolute atomic E-state index is 0.0352. The van der Waals surface area contributed by atoms with Crippen LogP contribution in [0.5, 0.6) is 0 Å². The Bertz CT molecular complexity index is 511. The average Bonchev–Trinajstić information content (AvgIpc) is 2.40. The van der Waals surface area contributed by atoms with Crippen molar-refractivity contribution in [2.75, 3.05) is 18.0 Å². The normalized spacial score (nSPS) is 18.1. The van der Waals surface area contributed by atoms with Gasteiger partial charge in [-0.1, -0.05) is 0 Å². The van der Waals surface area contributed by atoms with Gasteiger partial charge in [0.15, 0.2) is 12.0 Å². The summed E-state index contributed by atoms with van der Waals surface area (Å²) in [6.07, 6.45) is 0.387. The summed E-state index contributed by atoms with van der Waals surface area (Å²) in [6.45, 7) is 0.504. The van der Waals surface area contributed by atoms with Crippen LogP contribution in [0.15, 0.2) is 18.2 Å². The molecule has 1 saturated heterocycles. The van der Waals surface area contributed by atoms with Gasteiger partial charge in [0, 0.05) is 31.5 Å². The number of rotatable bonds is 3. The zero-order valence-electron chi connectivity index (χ0n) is 10.2. The molecule has 19 heavy (non-hydrogen) atoms. The predicted octanol–water partition coefficient (Wildman–Crippen LogP) is 1.43. The molecule has 1 amide bonds. The van der Waals surface area contributed by atoms with E-state index in [1.54, 1.807) is 4.90 Å². The number of nitrogens with zero attached hydrogens (tertiary/aromatic N) is 1. The van der Waals surface area contributed by atoms with Crippen LogP contribution >= 0.6 is 0 Å². The van der Waals surface area contributed by atoms with Crippen molar-refractivity contribution < 1.29 is 18.4 Å². The third kappa shape index (κ3) is 2.72. The van der Waals surface area contributed by atoms with Gasteiger partial charge >= 0.3 is 0 Å². The first-order valence-corrected chi connectivity index (χ1v) is 5.95.